The number of anilines is 1. The topological polar surface area (TPSA) is 101 Å². The van der Waals surface area contributed by atoms with Gasteiger partial charge in [-0.25, -0.2) is 4.98 Å². The van der Waals surface area contributed by atoms with E-state index in [0.29, 0.717) is 21.9 Å². The Kier molecular flexibility index (Phi) is 8.14. The molecule has 0 saturated carbocycles. The molecule has 0 saturated heterocycles. The Hall–Kier alpha value is -3.14. The van der Waals surface area contributed by atoms with Crippen LogP contribution in [0, 0.1) is 0 Å². The third kappa shape index (κ3) is 6.25. The minimum Gasteiger partial charge on any atom is -0.495 e. The molecule has 1 N–H and O–H groups in total. The number of carbonyl (C=O) groups excluding carboxylic acids is 1. The quantitative estimate of drug-likeness (QED) is 0.266. The molecular formula is C23H22Cl2N4O4S. The van der Waals surface area contributed by atoms with E-state index in [9.17, 15) is 13.2 Å². The van der Waals surface area contributed by atoms with Crippen LogP contribution in [0.3, 0.4) is 0 Å². The molecule has 2 aromatic carbocycles. The van der Waals surface area contributed by atoms with Gasteiger partial charge in [-0.05, 0) is 29.8 Å². The highest BCUT2D eigenvalue weighted by molar-refractivity contribution is 7.90. The minimum absolute atomic E-state index is 0.0217. The molecule has 34 heavy (non-hydrogen) atoms. The Morgan fingerprint density at radius 3 is 2.56 bits per heavy atom. The molecule has 0 fully saturated rings. The van der Waals surface area contributed by atoms with Gasteiger partial charge in [0.25, 0.3) is 10.0 Å². The maximum Gasteiger partial charge on any atom is 0.284 e. The van der Waals surface area contributed by atoms with Crippen molar-refractivity contribution in [3.63, 3.8) is 0 Å². The number of hydrogen-bond donors (Lipinski definition) is 1. The maximum absolute atomic E-state index is 13.1. The van der Waals surface area contributed by atoms with Gasteiger partial charge in [0.05, 0.1) is 24.6 Å². The van der Waals surface area contributed by atoms with Crippen LogP contribution >= 0.6 is 23.2 Å². The summed E-state index contributed by atoms with van der Waals surface area (Å²) in [5, 5.41) is 3.27. The number of pyridine rings is 1. The Morgan fingerprint density at radius 2 is 1.88 bits per heavy atom. The highest BCUT2D eigenvalue weighted by Gasteiger charge is 2.22. The monoisotopic (exact) mass is 520 g/mol. The number of amides is 1. The number of nitrogens with one attached hydrogen (secondary N) is 1. The second-order valence-corrected chi connectivity index (χ2v) is 9.77. The van der Waals surface area contributed by atoms with Crippen molar-refractivity contribution in [3.05, 3.63) is 70.5 Å². The van der Waals surface area contributed by atoms with E-state index in [0.717, 1.165) is 0 Å². The van der Waals surface area contributed by atoms with Gasteiger partial charge in [0, 0.05) is 35.9 Å². The fraction of sp³-hybridized carbons (Fsp3) is 0.174. The summed E-state index contributed by atoms with van der Waals surface area (Å²) in [7, 11) is 0.591. The minimum atomic E-state index is -4.17. The Morgan fingerprint density at radius 1 is 1.15 bits per heavy atom. The lowest BCUT2D eigenvalue weighted by atomic mass is 10.1. The molecule has 1 aromatic heterocycles. The molecule has 178 valence electrons. The van der Waals surface area contributed by atoms with Crippen LogP contribution in [-0.4, -0.2) is 51.8 Å². The lowest BCUT2D eigenvalue weighted by Gasteiger charge is -2.14. The van der Waals surface area contributed by atoms with Gasteiger partial charge in [0.2, 0.25) is 5.91 Å². The van der Waals surface area contributed by atoms with Gasteiger partial charge in [-0.15, -0.1) is 4.40 Å². The van der Waals surface area contributed by atoms with Gasteiger partial charge in [-0.3, -0.25) is 4.79 Å². The van der Waals surface area contributed by atoms with Gasteiger partial charge in [0.15, 0.2) is 0 Å². The number of sulfonamides is 1. The van der Waals surface area contributed by atoms with Crippen LogP contribution in [0.25, 0.3) is 11.1 Å². The number of ether oxygens (including phenoxy) is 1. The molecule has 11 heteroatoms. The molecule has 1 amide bonds. The van der Waals surface area contributed by atoms with Crippen molar-refractivity contribution in [2.75, 3.05) is 26.5 Å². The van der Waals surface area contributed by atoms with Crippen LogP contribution in [0.4, 0.5) is 5.69 Å². The molecule has 1 heterocycles. The molecule has 8 nitrogen and oxygen atoms in total. The largest absolute Gasteiger partial charge is 0.495 e. The predicted octanol–water partition coefficient (Wildman–Crippen LogP) is 4.52. The smallest absolute Gasteiger partial charge is 0.284 e. The van der Waals surface area contributed by atoms with Crippen molar-refractivity contribution < 1.29 is 17.9 Å². The maximum atomic E-state index is 13.1. The van der Waals surface area contributed by atoms with Crippen LogP contribution in [-0.2, 0) is 21.2 Å². The van der Waals surface area contributed by atoms with E-state index >= 15 is 0 Å². The number of aromatic nitrogens is 1. The fourth-order valence-electron chi connectivity index (χ4n) is 3.00. The summed E-state index contributed by atoms with van der Waals surface area (Å²) in [6, 6.07) is 13.0. The summed E-state index contributed by atoms with van der Waals surface area (Å²) in [6.45, 7) is 0. The second kappa shape index (κ2) is 10.9. The first-order valence-electron chi connectivity index (χ1n) is 9.95. The van der Waals surface area contributed by atoms with Crippen molar-refractivity contribution in [2.24, 2.45) is 4.40 Å². The first-order valence-corrected chi connectivity index (χ1v) is 12.1. The molecule has 3 rings (SSSR count). The molecule has 0 spiro atoms. The highest BCUT2D eigenvalue weighted by atomic mass is 35.5. The number of benzene rings is 2. The summed E-state index contributed by atoms with van der Waals surface area (Å²) in [4.78, 5) is 18.0. The number of halogens is 2. The van der Waals surface area contributed by atoms with E-state index < -0.39 is 10.0 Å². The average Bonchev–Trinajstić information content (AvgIpc) is 2.80. The molecule has 0 aliphatic carbocycles. The van der Waals surface area contributed by atoms with E-state index in [1.165, 1.54) is 36.7 Å². The third-order valence-corrected chi connectivity index (χ3v) is 6.54. The zero-order valence-corrected chi connectivity index (χ0v) is 20.9. The second-order valence-electron chi connectivity index (χ2n) is 7.40. The third-order valence-electron chi connectivity index (χ3n) is 4.61. The Balaban J connectivity index is 2.05. The first kappa shape index (κ1) is 25.5. The SMILES string of the molecule is COc1cnc(Cl)c(-c2ccc(NC(=O)Cc3ccccc3Cl)cc2S(=O)(=O)N=CN(C)C)c1. The van der Waals surface area contributed by atoms with Gasteiger partial charge in [0.1, 0.15) is 17.2 Å². The lowest BCUT2D eigenvalue weighted by molar-refractivity contribution is -0.115. The molecule has 0 aliphatic heterocycles. The van der Waals surface area contributed by atoms with Gasteiger partial charge in [-0.2, -0.15) is 8.42 Å². The summed E-state index contributed by atoms with van der Waals surface area (Å²) >= 11 is 12.4. The number of rotatable bonds is 8. The van der Waals surface area contributed by atoms with Crippen molar-refractivity contribution >= 4 is 51.2 Å². The lowest BCUT2D eigenvalue weighted by Crippen LogP contribution is -2.15. The molecule has 0 bridgehead atoms. The van der Waals surface area contributed by atoms with E-state index in [1.807, 2.05) is 0 Å². The molecular weight excluding hydrogens is 499 g/mol. The van der Waals surface area contributed by atoms with Crippen LogP contribution in [0.5, 0.6) is 5.75 Å². The summed E-state index contributed by atoms with van der Waals surface area (Å²) in [5.41, 5.74) is 1.52. The van der Waals surface area contributed by atoms with E-state index in [1.54, 1.807) is 50.5 Å². The van der Waals surface area contributed by atoms with E-state index in [4.69, 9.17) is 27.9 Å². The zero-order chi connectivity index (χ0) is 24.9. The molecule has 0 unspecified atom stereocenters. The first-order chi connectivity index (χ1) is 16.1. The molecule has 0 aliphatic rings. The number of carbonyl (C=O) groups is 1. The van der Waals surface area contributed by atoms with Crippen LogP contribution in [0.1, 0.15) is 5.56 Å². The van der Waals surface area contributed by atoms with Gasteiger partial charge < -0.3 is 15.0 Å². The number of hydrogen-bond acceptors (Lipinski definition) is 5. The Bertz CT molecular complexity index is 1340. The van der Waals surface area contributed by atoms with E-state index in [2.05, 4.69) is 14.7 Å². The Labute approximate surface area is 208 Å². The normalized spacial score (nSPS) is 11.4. The number of nitrogens with zero attached hydrogens (tertiary/aromatic N) is 3. The summed E-state index contributed by atoms with van der Waals surface area (Å²) < 4.78 is 35.2. The number of methoxy groups -OCH3 is 1. The van der Waals surface area contributed by atoms with Crippen LogP contribution in [0.15, 0.2) is 64.0 Å². The van der Waals surface area contributed by atoms with Crippen molar-refractivity contribution in [3.8, 4) is 16.9 Å². The fourth-order valence-corrected chi connectivity index (χ4v) is 4.56. The zero-order valence-electron chi connectivity index (χ0n) is 18.6. The van der Waals surface area contributed by atoms with Gasteiger partial charge >= 0.3 is 0 Å². The van der Waals surface area contributed by atoms with Crippen molar-refractivity contribution in [1.29, 1.82) is 0 Å². The molecule has 0 radical (unpaired) electrons. The molecule has 0 atom stereocenters. The standard InChI is InChI=1S/C23H22Cl2N4O4S/c1-29(2)14-27-34(31,32)21-11-16(28-22(30)10-15-6-4-5-7-20(15)24)8-9-18(21)19-12-17(33-3)13-26-23(19)25/h4-9,11-14H,10H2,1-3H3,(H,28,30). The van der Waals surface area contributed by atoms with E-state index in [-0.39, 0.29) is 33.6 Å². The van der Waals surface area contributed by atoms with Crippen LogP contribution in [0.2, 0.25) is 10.2 Å². The predicted molar refractivity (Wildman–Crippen MR) is 134 cm³/mol. The average molecular weight is 521 g/mol. The van der Waals surface area contributed by atoms with Crippen molar-refractivity contribution in [1.82, 2.24) is 9.88 Å². The van der Waals surface area contributed by atoms with Gasteiger partial charge in [-0.1, -0.05) is 47.5 Å². The highest BCUT2D eigenvalue weighted by Crippen LogP contribution is 2.36. The summed E-state index contributed by atoms with van der Waals surface area (Å²) in [5.74, 6) is 0.0405. The van der Waals surface area contributed by atoms with Crippen molar-refractivity contribution in [2.45, 2.75) is 11.3 Å². The van der Waals surface area contributed by atoms with Crippen LogP contribution < -0.4 is 10.1 Å². The molecule has 3 aromatic rings. The summed E-state index contributed by atoms with van der Waals surface area (Å²) in [6.07, 6.45) is 2.62.